The van der Waals surface area contributed by atoms with E-state index in [-0.39, 0.29) is 12.5 Å². The summed E-state index contributed by atoms with van der Waals surface area (Å²) in [5, 5.41) is 54.4. The molecule has 0 aromatic rings. The van der Waals surface area contributed by atoms with Gasteiger partial charge in [0.2, 0.25) is 5.91 Å². The molecule has 0 aliphatic carbocycles. The molecule has 72 heavy (non-hydrogen) atoms. The van der Waals surface area contributed by atoms with E-state index in [2.05, 4.69) is 31.3 Å². The minimum atomic E-state index is -1.57. The molecule has 9 heteroatoms. The minimum absolute atomic E-state index is 0.182. The van der Waals surface area contributed by atoms with Crippen molar-refractivity contribution in [3.05, 3.63) is 24.3 Å². The lowest BCUT2D eigenvalue weighted by atomic mass is 9.99. The summed E-state index contributed by atoms with van der Waals surface area (Å²) in [6, 6.07) is -0.817. The summed E-state index contributed by atoms with van der Waals surface area (Å²) in [5.74, 6) is -0.182. The molecule has 0 bridgehead atoms. The maximum atomic E-state index is 13.0. The first-order valence-electron chi connectivity index (χ1n) is 31.6. The summed E-state index contributed by atoms with van der Waals surface area (Å²) in [4.78, 5) is 13.0. The van der Waals surface area contributed by atoms with Gasteiger partial charge in [-0.2, -0.15) is 0 Å². The Balaban J connectivity index is 2.03. The molecule has 1 saturated heterocycles. The van der Waals surface area contributed by atoms with Gasteiger partial charge in [-0.15, -0.1) is 0 Å². The van der Waals surface area contributed by atoms with Crippen LogP contribution >= 0.6 is 0 Å². The highest BCUT2D eigenvalue weighted by atomic mass is 16.7. The number of rotatable bonds is 55. The summed E-state index contributed by atoms with van der Waals surface area (Å²) >= 11 is 0. The van der Waals surface area contributed by atoms with Crippen molar-refractivity contribution in [2.45, 2.75) is 358 Å². The molecule has 0 aromatic carbocycles. The van der Waals surface area contributed by atoms with Crippen LogP contribution in [0.1, 0.15) is 316 Å². The van der Waals surface area contributed by atoms with Gasteiger partial charge < -0.3 is 40.3 Å². The fourth-order valence-electron chi connectivity index (χ4n) is 10.3. The van der Waals surface area contributed by atoms with Crippen LogP contribution in [-0.2, 0) is 14.3 Å². The summed E-state index contributed by atoms with van der Waals surface area (Å²) in [6.45, 7) is 3.77. The van der Waals surface area contributed by atoms with Crippen LogP contribution in [0.5, 0.6) is 0 Å². The van der Waals surface area contributed by atoms with Gasteiger partial charge in [-0.05, 0) is 32.1 Å². The van der Waals surface area contributed by atoms with Crippen LogP contribution in [0.25, 0.3) is 0 Å². The van der Waals surface area contributed by atoms with Crippen molar-refractivity contribution in [3.8, 4) is 0 Å². The molecule has 7 unspecified atom stereocenters. The zero-order valence-corrected chi connectivity index (χ0v) is 47.5. The summed E-state index contributed by atoms with van der Waals surface area (Å²) in [7, 11) is 0. The van der Waals surface area contributed by atoms with E-state index in [9.17, 15) is 30.3 Å². The Hall–Kier alpha value is -1.33. The molecule has 0 spiro atoms. The molecule has 0 saturated carbocycles. The van der Waals surface area contributed by atoms with E-state index in [0.29, 0.717) is 6.42 Å². The fraction of sp³-hybridized carbons (Fsp3) is 0.921. The van der Waals surface area contributed by atoms with Gasteiger partial charge in [0.05, 0.1) is 25.4 Å². The lowest BCUT2D eigenvalue weighted by Gasteiger charge is -2.40. The predicted molar refractivity (Wildman–Crippen MR) is 304 cm³/mol. The van der Waals surface area contributed by atoms with Crippen LogP contribution in [0, 0.1) is 0 Å². The van der Waals surface area contributed by atoms with Crippen LogP contribution in [0.3, 0.4) is 0 Å². The van der Waals surface area contributed by atoms with E-state index in [1.54, 1.807) is 6.08 Å². The number of nitrogens with one attached hydrogen (secondary N) is 1. The van der Waals surface area contributed by atoms with Crippen molar-refractivity contribution in [2.24, 2.45) is 0 Å². The Labute approximate surface area is 445 Å². The number of unbranched alkanes of at least 4 members (excludes halogenated alkanes) is 43. The molecule has 6 N–H and O–H groups in total. The Kier molecular flexibility index (Phi) is 50.6. The van der Waals surface area contributed by atoms with Gasteiger partial charge >= 0.3 is 0 Å². The number of aliphatic hydroxyl groups excluding tert-OH is 5. The van der Waals surface area contributed by atoms with E-state index in [1.165, 1.54) is 257 Å². The van der Waals surface area contributed by atoms with Gasteiger partial charge in [0.1, 0.15) is 24.4 Å². The number of hydrogen-bond acceptors (Lipinski definition) is 8. The van der Waals surface area contributed by atoms with Crippen molar-refractivity contribution < 1.29 is 39.8 Å². The van der Waals surface area contributed by atoms with Crippen LogP contribution in [-0.4, -0.2) is 87.5 Å². The van der Waals surface area contributed by atoms with Gasteiger partial charge in [0.15, 0.2) is 6.29 Å². The van der Waals surface area contributed by atoms with E-state index in [0.717, 1.165) is 38.5 Å². The molecule has 426 valence electrons. The Bertz CT molecular complexity index is 1180. The lowest BCUT2D eigenvalue weighted by Crippen LogP contribution is -2.60. The van der Waals surface area contributed by atoms with Crippen molar-refractivity contribution in [1.82, 2.24) is 5.32 Å². The van der Waals surface area contributed by atoms with Crippen LogP contribution in [0.4, 0.5) is 0 Å². The standard InChI is InChI=1S/C63H121NO8/c1-3-5-7-9-11-13-15-17-18-19-20-21-22-23-24-25-26-27-28-29-30-31-32-33-34-35-36-37-38-39-40-41-43-45-47-49-51-53-59(67)64-56(55-71-63-62(70)61(69)60(68)58(54-65)72-63)57(66)52-50-48-46-44-42-16-14-12-10-8-6-4-2/h42,44,50,52,56-58,60-63,65-66,68-70H,3-41,43,45-49,51,53-55H2,1-2H3,(H,64,67)/b44-42+,52-50+. The Morgan fingerprint density at radius 2 is 0.792 bits per heavy atom. The van der Waals surface area contributed by atoms with Gasteiger partial charge in [-0.25, -0.2) is 0 Å². The van der Waals surface area contributed by atoms with E-state index < -0.39 is 49.5 Å². The largest absolute Gasteiger partial charge is 0.394 e. The van der Waals surface area contributed by atoms with Gasteiger partial charge in [0, 0.05) is 6.42 Å². The average molecular weight is 1020 g/mol. The van der Waals surface area contributed by atoms with Gasteiger partial charge in [-0.1, -0.05) is 301 Å². The second-order valence-electron chi connectivity index (χ2n) is 22.2. The highest BCUT2D eigenvalue weighted by molar-refractivity contribution is 5.76. The first-order valence-corrected chi connectivity index (χ1v) is 31.6. The number of carbonyl (C=O) groups is 1. The molecular formula is C63H121NO8. The first kappa shape index (κ1) is 68.7. The van der Waals surface area contributed by atoms with Crippen molar-refractivity contribution in [3.63, 3.8) is 0 Å². The third kappa shape index (κ3) is 41.9. The monoisotopic (exact) mass is 1020 g/mol. The Morgan fingerprint density at radius 1 is 0.458 bits per heavy atom. The number of amides is 1. The number of aliphatic hydroxyl groups is 5. The molecule has 0 radical (unpaired) electrons. The predicted octanol–water partition coefficient (Wildman–Crippen LogP) is 16.1. The molecule has 1 rings (SSSR count). The molecule has 9 nitrogen and oxygen atoms in total. The second-order valence-corrected chi connectivity index (χ2v) is 22.2. The first-order chi connectivity index (χ1) is 35.3. The minimum Gasteiger partial charge on any atom is -0.394 e. The molecule has 7 atom stereocenters. The quantitative estimate of drug-likeness (QED) is 0.0261. The number of carbonyl (C=O) groups excluding carboxylic acids is 1. The topological polar surface area (TPSA) is 149 Å². The SMILES string of the molecule is CCCCCCCC/C=C/CC/C=C/C(O)C(COC1OC(CO)C(O)C(O)C1O)NC(=O)CCCCCCCCCCCCCCCCCCCCCCCCCCCCCCCCCCCCCCC. The summed E-state index contributed by atoms with van der Waals surface area (Å²) in [5.41, 5.74) is 0. The van der Waals surface area contributed by atoms with Crippen LogP contribution in [0.2, 0.25) is 0 Å². The number of allylic oxidation sites excluding steroid dienone is 3. The van der Waals surface area contributed by atoms with E-state index in [1.807, 2.05) is 6.08 Å². The third-order valence-corrected chi connectivity index (χ3v) is 15.3. The van der Waals surface area contributed by atoms with Crippen LogP contribution in [0.15, 0.2) is 24.3 Å². The third-order valence-electron chi connectivity index (χ3n) is 15.3. The van der Waals surface area contributed by atoms with Gasteiger partial charge in [-0.3, -0.25) is 4.79 Å². The normalized spacial score (nSPS) is 19.2. The maximum absolute atomic E-state index is 13.0. The highest BCUT2D eigenvalue weighted by Crippen LogP contribution is 2.23. The zero-order chi connectivity index (χ0) is 52.2. The van der Waals surface area contributed by atoms with Crippen molar-refractivity contribution >= 4 is 5.91 Å². The lowest BCUT2D eigenvalue weighted by molar-refractivity contribution is -0.302. The molecule has 1 fully saturated rings. The average Bonchev–Trinajstić information content (AvgIpc) is 3.38. The van der Waals surface area contributed by atoms with E-state index in [4.69, 9.17) is 9.47 Å². The van der Waals surface area contributed by atoms with Gasteiger partial charge in [0.25, 0.3) is 0 Å². The summed E-state index contributed by atoms with van der Waals surface area (Å²) < 4.78 is 11.2. The molecule has 1 aliphatic heterocycles. The molecule has 0 aromatic heterocycles. The number of ether oxygens (including phenoxy) is 2. The fourth-order valence-corrected chi connectivity index (χ4v) is 10.3. The maximum Gasteiger partial charge on any atom is 0.220 e. The van der Waals surface area contributed by atoms with E-state index >= 15 is 0 Å². The van der Waals surface area contributed by atoms with Crippen LogP contribution < -0.4 is 5.32 Å². The summed E-state index contributed by atoms with van der Waals surface area (Å²) in [6.07, 6.45) is 61.6. The van der Waals surface area contributed by atoms with Crippen molar-refractivity contribution in [1.29, 1.82) is 0 Å². The molecular weight excluding hydrogens is 899 g/mol. The zero-order valence-electron chi connectivity index (χ0n) is 47.5. The number of hydrogen-bond donors (Lipinski definition) is 6. The highest BCUT2D eigenvalue weighted by Gasteiger charge is 2.44. The Morgan fingerprint density at radius 3 is 1.17 bits per heavy atom. The van der Waals surface area contributed by atoms with Crippen molar-refractivity contribution in [2.75, 3.05) is 13.2 Å². The molecule has 1 heterocycles. The molecule has 1 amide bonds. The smallest absolute Gasteiger partial charge is 0.220 e. The molecule has 1 aliphatic rings. The second kappa shape index (κ2) is 53.1.